The molecule has 0 aliphatic heterocycles. The monoisotopic (exact) mass is 312 g/mol. The van der Waals surface area contributed by atoms with Crippen LogP contribution >= 0.6 is 11.3 Å². The molecule has 7 heteroatoms. The molecule has 0 saturated heterocycles. The van der Waals surface area contributed by atoms with E-state index >= 15 is 0 Å². The van der Waals surface area contributed by atoms with Crippen LogP contribution in [0.4, 0.5) is 0 Å². The highest BCUT2D eigenvalue weighted by Crippen LogP contribution is 2.11. The summed E-state index contributed by atoms with van der Waals surface area (Å²) in [6.07, 6.45) is 0.562. The molecule has 20 heavy (non-hydrogen) atoms. The van der Waals surface area contributed by atoms with Crippen molar-refractivity contribution < 1.29 is 13.2 Å². The Morgan fingerprint density at radius 3 is 2.75 bits per heavy atom. The first kappa shape index (κ1) is 15.1. The first-order chi connectivity index (χ1) is 9.62. The molecule has 0 spiro atoms. The van der Waals surface area contributed by atoms with Gasteiger partial charge in [-0.2, -0.15) is 0 Å². The van der Waals surface area contributed by atoms with Gasteiger partial charge in [0.25, 0.3) is 0 Å². The molecule has 0 fully saturated rings. The molecule has 1 heterocycles. The minimum atomic E-state index is -3.43. The van der Waals surface area contributed by atoms with Crippen LogP contribution in [0.25, 0.3) is 0 Å². The number of nitrogens with zero attached hydrogens (tertiary/aromatic N) is 1. The second-order valence-corrected chi connectivity index (χ2v) is 6.84. The number of rotatable bonds is 7. The van der Waals surface area contributed by atoms with Crippen LogP contribution in [0.1, 0.15) is 10.7 Å². The Labute approximate surface area is 122 Å². The highest BCUT2D eigenvalue weighted by atomic mass is 32.2. The van der Waals surface area contributed by atoms with Crippen molar-refractivity contribution in [3.05, 3.63) is 46.4 Å². The van der Waals surface area contributed by atoms with Crippen LogP contribution in [0, 0.1) is 0 Å². The van der Waals surface area contributed by atoms with Gasteiger partial charge in [0.05, 0.1) is 17.2 Å². The quantitative estimate of drug-likeness (QED) is 0.846. The Kier molecular flexibility index (Phi) is 5.24. The summed E-state index contributed by atoms with van der Waals surface area (Å²) in [5.74, 6) is 0. The van der Waals surface area contributed by atoms with Gasteiger partial charge in [0.15, 0.2) is 0 Å². The topological polar surface area (TPSA) is 68.3 Å². The Morgan fingerprint density at radius 1 is 1.30 bits per heavy atom. The number of nitrogens with one attached hydrogen (secondary N) is 1. The molecule has 0 amide bonds. The van der Waals surface area contributed by atoms with Crippen LogP contribution in [-0.2, 0) is 27.8 Å². The van der Waals surface area contributed by atoms with Gasteiger partial charge in [-0.3, -0.25) is 0 Å². The number of benzene rings is 1. The molecule has 0 bridgehead atoms. The lowest BCUT2D eigenvalue weighted by molar-refractivity contribution is 0.184. The lowest BCUT2D eigenvalue weighted by Crippen LogP contribution is -2.26. The Hall–Kier alpha value is -1.28. The molecule has 0 aliphatic carbocycles. The van der Waals surface area contributed by atoms with Crippen molar-refractivity contribution in [3.63, 3.8) is 0 Å². The van der Waals surface area contributed by atoms with Gasteiger partial charge in [-0.15, -0.1) is 11.3 Å². The molecule has 0 radical (unpaired) electrons. The predicted molar refractivity (Wildman–Crippen MR) is 78.2 cm³/mol. The Bertz CT molecular complexity index is 639. The van der Waals surface area contributed by atoms with Gasteiger partial charge in [0.1, 0.15) is 5.01 Å². The van der Waals surface area contributed by atoms with Crippen LogP contribution in [0.2, 0.25) is 0 Å². The third-order valence-electron chi connectivity index (χ3n) is 2.59. The summed E-state index contributed by atoms with van der Waals surface area (Å²) in [4.78, 5) is 4.63. The molecule has 0 atom stereocenters. The van der Waals surface area contributed by atoms with E-state index in [1.165, 1.54) is 11.3 Å². The lowest BCUT2D eigenvalue weighted by atomic mass is 10.3. The van der Waals surface area contributed by atoms with Gasteiger partial charge in [0, 0.05) is 25.5 Å². The number of hydrogen-bond donors (Lipinski definition) is 1. The molecule has 1 aromatic carbocycles. The zero-order chi connectivity index (χ0) is 14.4. The molecule has 0 aliphatic rings. The van der Waals surface area contributed by atoms with E-state index in [0.717, 1.165) is 10.7 Å². The van der Waals surface area contributed by atoms with Crippen molar-refractivity contribution in [2.24, 2.45) is 0 Å². The van der Waals surface area contributed by atoms with E-state index in [1.807, 2.05) is 5.38 Å². The molecule has 108 valence electrons. The number of ether oxygens (including phenoxy) is 1. The molecular weight excluding hydrogens is 296 g/mol. The first-order valence-electron chi connectivity index (χ1n) is 6.09. The second kappa shape index (κ2) is 6.94. The summed E-state index contributed by atoms with van der Waals surface area (Å²) < 4.78 is 31.5. The zero-order valence-corrected chi connectivity index (χ0v) is 12.7. The summed E-state index contributed by atoms with van der Waals surface area (Å²) in [5.41, 5.74) is 0.873. The van der Waals surface area contributed by atoms with E-state index in [0.29, 0.717) is 19.6 Å². The van der Waals surface area contributed by atoms with Gasteiger partial charge >= 0.3 is 0 Å². The number of thiazole rings is 1. The van der Waals surface area contributed by atoms with Gasteiger partial charge < -0.3 is 4.74 Å². The third-order valence-corrected chi connectivity index (χ3v) is 4.94. The van der Waals surface area contributed by atoms with Crippen LogP contribution < -0.4 is 4.72 Å². The van der Waals surface area contributed by atoms with Crippen molar-refractivity contribution in [2.75, 3.05) is 13.7 Å². The van der Waals surface area contributed by atoms with Crippen molar-refractivity contribution in [1.82, 2.24) is 9.71 Å². The van der Waals surface area contributed by atoms with E-state index < -0.39 is 10.0 Å². The zero-order valence-electron chi connectivity index (χ0n) is 11.1. The van der Waals surface area contributed by atoms with Crippen LogP contribution in [0.5, 0.6) is 0 Å². The van der Waals surface area contributed by atoms with Crippen molar-refractivity contribution in [3.8, 4) is 0 Å². The molecule has 0 unspecified atom stereocenters. The van der Waals surface area contributed by atoms with E-state index in [9.17, 15) is 8.42 Å². The van der Waals surface area contributed by atoms with Gasteiger partial charge in [0.2, 0.25) is 10.0 Å². The van der Waals surface area contributed by atoms with E-state index in [-0.39, 0.29) is 4.90 Å². The van der Waals surface area contributed by atoms with E-state index in [2.05, 4.69) is 9.71 Å². The second-order valence-electron chi connectivity index (χ2n) is 4.13. The number of sulfonamides is 1. The van der Waals surface area contributed by atoms with Crippen molar-refractivity contribution in [2.45, 2.75) is 17.9 Å². The maximum absolute atomic E-state index is 12.0. The molecule has 5 nitrogen and oxygen atoms in total. The van der Waals surface area contributed by atoms with Gasteiger partial charge in [-0.25, -0.2) is 18.1 Å². The maximum Gasteiger partial charge on any atom is 0.240 e. The normalized spacial score (nSPS) is 11.7. The molecule has 0 saturated carbocycles. The number of hydrogen-bond acceptors (Lipinski definition) is 5. The summed E-state index contributed by atoms with van der Waals surface area (Å²) in [7, 11) is -1.81. The SMILES string of the molecule is COCc1nc(CCNS(=O)(=O)c2ccccc2)cs1. The average Bonchev–Trinajstić information content (AvgIpc) is 2.88. The summed E-state index contributed by atoms with van der Waals surface area (Å²) in [5, 5.41) is 2.82. The molecule has 1 N–H and O–H groups in total. The Balaban J connectivity index is 1.89. The van der Waals surface area contributed by atoms with Crippen molar-refractivity contribution >= 4 is 21.4 Å². The number of methoxy groups -OCH3 is 1. The fourth-order valence-electron chi connectivity index (χ4n) is 1.65. The smallest absolute Gasteiger partial charge is 0.240 e. The Morgan fingerprint density at radius 2 is 2.05 bits per heavy atom. The molecule has 1 aromatic heterocycles. The predicted octanol–water partition coefficient (Wildman–Crippen LogP) is 1.81. The minimum Gasteiger partial charge on any atom is -0.378 e. The summed E-state index contributed by atoms with van der Waals surface area (Å²) in [6, 6.07) is 8.33. The number of aromatic nitrogens is 1. The summed E-state index contributed by atoms with van der Waals surface area (Å²) in [6.45, 7) is 0.813. The van der Waals surface area contributed by atoms with Crippen LogP contribution in [0.15, 0.2) is 40.6 Å². The third kappa shape index (κ3) is 4.11. The average molecular weight is 312 g/mol. The molecule has 2 aromatic rings. The van der Waals surface area contributed by atoms with Crippen LogP contribution in [0.3, 0.4) is 0 Å². The van der Waals surface area contributed by atoms with E-state index in [4.69, 9.17) is 4.74 Å². The lowest BCUT2D eigenvalue weighted by Gasteiger charge is -2.05. The summed E-state index contributed by atoms with van der Waals surface area (Å²) >= 11 is 1.52. The van der Waals surface area contributed by atoms with Crippen LogP contribution in [-0.4, -0.2) is 27.1 Å². The minimum absolute atomic E-state index is 0.276. The standard InChI is InChI=1S/C13H16N2O3S2/c1-18-9-13-15-11(10-19-13)7-8-14-20(16,17)12-5-3-2-4-6-12/h2-6,10,14H,7-9H2,1H3. The first-order valence-corrected chi connectivity index (χ1v) is 8.45. The molecule has 2 rings (SSSR count). The fourth-order valence-corrected chi connectivity index (χ4v) is 3.50. The maximum atomic E-state index is 12.0. The van der Waals surface area contributed by atoms with Gasteiger partial charge in [-0.1, -0.05) is 18.2 Å². The largest absolute Gasteiger partial charge is 0.378 e. The fraction of sp³-hybridized carbons (Fsp3) is 0.308. The highest BCUT2D eigenvalue weighted by Gasteiger charge is 2.12. The van der Waals surface area contributed by atoms with Gasteiger partial charge in [-0.05, 0) is 12.1 Å². The van der Waals surface area contributed by atoms with Crippen molar-refractivity contribution in [1.29, 1.82) is 0 Å². The molecular formula is C13H16N2O3S2. The highest BCUT2D eigenvalue weighted by molar-refractivity contribution is 7.89. The van der Waals surface area contributed by atoms with E-state index in [1.54, 1.807) is 37.4 Å².